The van der Waals surface area contributed by atoms with Crippen molar-refractivity contribution in [2.24, 2.45) is 0 Å². The van der Waals surface area contributed by atoms with Crippen molar-refractivity contribution < 1.29 is 27.4 Å². The van der Waals surface area contributed by atoms with Gasteiger partial charge in [-0.3, -0.25) is 0 Å². The highest BCUT2D eigenvalue weighted by atomic mass is 19.4. The smallest absolute Gasteiger partial charge is 0.417 e. The van der Waals surface area contributed by atoms with Crippen LogP contribution in [0.4, 0.5) is 23.8 Å². The predicted molar refractivity (Wildman–Crippen MR) is 102 cm³/mol. The largest absolute Gasteiger partial charge is 0.454 e. The fraction of sp³-hybridized carbons (Fsp3) is 0.400. The number of hydrogen-bond acceptors (Lipinski definition) is 5. The lowest BCUT2D eigenvalue weighted by atomic mass is 10.1. The number of urea groups is 1. The fourth-order valence-corrected chi connectivity index (χ4v) is 3.46. The molecule has 0 aliphatic carbocycles. The van der Waals surface area contributed by atoms with Crippen molar-refractivity contribution in [2.75, 3.05) is 24.8 Å². The standard InChI is InChI=1S/C20H21F3N4O3/c21-20(22,23)14-2-4-18(24-11-14)27-7-5-15(6-8-27)26-19(28)25-10-13-1-3-16-17(9-13)30-12-29-16/h1-4,9,11,15H,5-8,10,12H2,(H2,25,26,28). The number of carbonyl (C=O) groups excluding carboxylic acids is 1. The van der Waals surface area contributed by atoms with E-state index in [1.54, 1.807) is 0 Å². The van der Waals surface area contributed by atoms with Crippen LogP contribution < -0.4 is 25.0 Å². The van der Waals surface area contributed by atoms with E-state index in [4.69, 9.17) is 9.47 Å². The average molecular weight is 422 g/mol. The quantitative estimate of drug-likeness (QED) is 0.791. The number of nitrogens with zero attached hydrogens (tertiary/aromatic N) is 2. The minimum atomic E-state index is -4.39. The van der Waals surface area contributed by atoms with Crippen LogP contribution in [0.5, 0.6) is 11.5 Å². The molecule has 0 bridgehead atoms. The SMILES string of the molecule is O=C(NCc1ccc2c(c1)OCO2)NC1CCN(c2ccc(C(F)(F)F)cn2)CC1. The van der Waals surface area contributed by atoms with Crippen LogP contribution >= 0.6 is 0 Å². The number of rotatable bonds is 4. The molecule has 30 heavy (non-hydrogen) atoms. The number of alkyl halides is 3. The molecule has 0 radical (unpaired) electrons. The number of anilines is 1. The first-order chi connectivity index (χ1) is 14.4. The Kier molecular flexibility index (Phi) is 5.56. The Hall–Kier alpha value is -3.17. The summed E-state index contributed by atoms with van der Waals surface area (Å²) in [4.78, 5) is 18.0. The summed E-state index contributed by atoms with van der Waals surface area (Å²) >= 11 is 0. The molecular weight excluding hydrogens is 401 g/mol. The highest BCUT2D eigenvalue weighted by Gasteiger charge is 2.31. The van der Waals surface area contributed by atoms with E-state index >= 15 is 0 Å². The number of aromatic nitrogens is 1. The number of hydrogen-bond donors (Lipinski definition) is 2. The molecule has 2 aliphatic heterocycles. The van der Waals surface area contributed by atoms with Gasteiger partial charge < -0.3 is 25.0 Å². The van der Waals surface area contributed by atoms with Gasteiger partial charge in [0, 0.05) is 31.9 Å². The van der Waals surface area contributed by atoms with Gasteiger partial charge in [0.15, 0.2) is 11.5 Å². The summed E-state index contributed by atoms with van der Waals surface area (Å²) in [6, 6.07) is 7.65. The number of halogens is 3. The minimum absolute atomic E-state index is 0.00699. The van der Waals surface area contributed by atoms with Crippen molar-refractivity contribution in [3.8, 4) is 11.5 Å². The van der Waals surface area contributed by atoms with E-state index in [0.717, 1.165) is 17.8 Å². The maximum Gasteiger partial charge on any atom is 0.417 e. The third-order valence-electron chi connectivity index (χ3n) is 5.12. The second-order valence-electron chi connectivity index (χ2n) is 7.18. The molecule has 7 nitrogen and oxygen atoms in total. The molecule has 160 valence electrons. The Labute approximate surface area is 171 Å². The van der Waals surface area contributed by atoms with Crippen molar-refractivity contribution in [2.45, 2.75) is 31.6 Å². The zero-order chi connectivity index (χ0) is 21.1. The fourth-order valence-electron chi connectivity index (χ4n) is 3.46. The van der Waals surface area contributed by atoms with Crippen molar-refractivity contribution in [1.29, 1.82) is 0 Å². The van der Waals surface area contributed by atoms with Gasteiger partial charge in [-0.05, 0) is 42.7 Å². The number of fused-ring (bicyclic) bond motifs is 1. The maximum absolute atomic E-state index is 12.7. The Morgan fingerprint density at radius 3 is 2.60 bits per heavy atom. The van der Waals surface area contributed by atoms with Gasteiger partial charge >= 0.3 is 12.2 Å². The van der Waals surface area contributed by atoms with Crippen LogP contribution in [0.15, 0.2) is 36.5 Å². The van der Waals surface area contributed by atoms with Gasteiger partial charge in [0.05, 0.1) is 5.56 Å². The van der Waals surface area contributed by atoms with Crippen molar-refractivity contribution in [3.05, 3.63) is 47.7 Å². The van der Waals surface area contributed by atoms with E-state index in [9.17, 15) is 18.0 Å². The predicted octanol–water partition coefficient (Wildman–Crippen LogP) is 3.30. The molecule has 2 amide bonds. The van der Waals surface area contributed by atoms with Gasteiger partial charge in [0.25, 0.3) is 0 Å². The molecule has 4 rings (SSSR count). The van der Waals surface area contributed by atoms with Crippen LogP contribution in [-0.4, -0.2) is 36.9 Å². The van der Waals surface area contributed by atoms with Crippen LogP contribution in [0.3, 0.4) is 0 Å². The van der Waals surface area contributed by atoms with Crippen molar-refractivity contribution >= 4 is 11.8 Å². The van der Waals surface area contributed by atoms with E-state index in [0.29, 0.717) is 49.8 Å². The number of benzene rings is 1. The highest BCUT2D eigenvalue weighted by Crippen LogP contribution is 2.32. The Bertz CT molecular complexity index is 897. The molecule has 10 heteroatoms. The second kappa shape index (κ2) is 8.29. The summed E-state index contributed by atoms with van der Waals surface area (Å²) < 4.78 is 48.5. The summed E-state index contributed by atoms with van der Waals surface area (Å²) in [7, 11) is 0. The van der Waals surface area contributed by atoms with E-state index in [2.05, 4.69) is 15.6 Å². The highest BCUT2D eigenvalue weighted by molar-refractivity contribution is 5.74. The van der Waals surface area contributed by atoms with E-state index in [-0.39, 0.29) is 18.9 Å². The van der Waals surface area contributed by atoms with Gasteiger partial charge in [0.1, 0.15) is 5.82 Å². The molecule has 1 saturated heterocycles. The van der Waals surface area contributed by atoms with Gasteiger partial charge in [-0.1, -0.05) is 6.07 Å². The summed E-state index contributed by atoms with van der Waals surface area (Å²) in [5, 5.41) is 5.76. The van der Waals surface area contributed by atoms with Gasteiger partial charge in [-0.15, -0.1) is 0 Å². The summed E-state index contributed by atoms with van der Waals surface area (Å²) in [6.45, 7) is 1.77. The lowest BCUT2D eigenvalue weighted by Gasteiger charge is -2.33. The van der Waals surface area contributed by atoms with Crippen molar-refractivity contribution in [1.82, 2.24) is 15.6 Å². The monoisotopic (exact) mass is 422 g/mol. The maximum atomic E-state index is 12.7. The second-order valence-corrected chi connectivity index (χ2v) is 7.18. The molecule has 2 aliphatic rings. The molecule has 2 N–H and O–H groups in total. The molecule has 2 aromatic rings. The first-order valence-electron chi connectivity index (χ1n) is 9.59. The molecule has 1 fully saturated rings. The number of amides is 2. The van der Waals surface area contributed by atoms with Gasteiger partial charge in [0.2, 0.25) is 6.79 Å². The van der Waals surface area contributed by atoms with Crippen molar-refractivity contribution in [3.63, 3.8) is 0 Å². The number of ether oxygens (including phenoxy) is 2. The number of nitrogens with one attached hydrogen (secondary N) is 2. The molecule has 0 unspecified atom stereocenters. The van der Waals surface area contributed by atoms with Gasteiger partial charge in [-0.25, -0.2) is 9.78 Å². The van der Waals surface area contributed by atoms with Crippen LogP contribution in [0.2, 0.25) is 0 Å². The summed E-state index contributed by atoms with van der Waals surface area (Å²) in [5.41, 5.74) is 0.138. The van der Waals surface area contributed by atoms with E-state index in [1.165, 1.54) is 6.07 Å². The molecule has 0 spiro atoms. The lowest BCUT2D eigenvalue weighted by Crippen LogP contribution is -2.48. The first kappa shape index (κ1) is 20.1. The lowest BCUT2D eigenvalue weighted by molar-refractivity contribution is -0.137. The molecule has 3 heterocycles. The number of pyridine rings is 1. The molecule has 0 atom stereocenters. The molecule has 1 aromatic heterocycles. The van der Waals surface area contributed by atoms with Crippen LogP contribution in [0.25, 0.3) is 0 Å². The molecule has 1 aromatic carbocycles. The summed E-state index contributed by atoms with van der Waals surface area (Å²) in [6.07, 6.45) is -2.18. The Morgan fingerprint density at radius 1 is 1.13 bits per heavy atom. The molecular formula is C20H21F3N4O3. The molecule has 0 saturated carbocycles. The van der Waals surface area contributed by atoms with Crippen LogP contribution in [0.1, 0.15) is 24.0 Å². The average Bonchev–Trinajstić information content (AvgIpc) is 3.20. The zero-order valence-corrected chi connectivity index (χ0v) is 16.0. The Morgan fingerprint density at radius 2 is 1.90 bits per heavy atom. The third-order valence-corrected chi connectivity index (χ3v) is 5.12. The summed E-state index contributed by atoms with van der Waals surface area (Å²) in [5.74, 6) is 1.87. The Balaban J connectivity index is 1.22. The van der Waals surface area contributed by atoms with Gasteiger partial charge in [-0.2, -0.15) is 13.2 Å². The van der Waals surface area contributed by atoms with E-state index < -0.39 is 11.7 Å². The third kappa shape index (κ3) is 4.69. The van der Waals surface area contributed by atoms with Crippen LogP contribution in [0, 0.1) is 0 Å². The first-order valence-corrected chi connectivity index (χ1v) is 9.59. The normalized spacial score (nSPS) is 16.4. The zero-order valence-electron chi connectivity index (χ0n) is 16.0. The number of carbonyl (C=O) groups is 1. The minimum Gasteiger partial charge on any atom is -0.454 e. The topological polar surface area (TPSA) is 75.7 Å². The number of piperidine rings is 1. The van der Waals surface area contributed by atoms with Crippen LogP contribution in [-0.2, 0) is 12.7 Å². The van der Waals surface area contributed by atoms with E-state index in [1.807, 2.05) is 23.1 Å².